The van der Waals surface area contributed by atoms with Crippen LogP contribution in [-0.4, -0.2) is 38.1 Å². The molecule has 1 aromatic carbocycles. The molecule has 1 fully saturated rings. The zero-order valence-corrected chi connectivity index (χ0v) is 10.8. The zero-order chi connectivity index (χ0) is 14.6. The van der Waals surface area contributed by atoms with Crippen LogP contribution in [0.1, 0.15) is 5.56 Å². The van der Waals surface area contributed by atoms with Crippen molar-refractivity contribution in [3.63, 3.8) is 0 Å². The molecule has 20 heavy (non-hydrogen) atoms. The smallest absolute Gasteiger partial charge is 0.445 e. The summed E-state index contributed by atoms with van der Waals surface area (Å²) >= 11 is 0. The van der Waals surface area contributed by atoms with Gasteiger partial charge in [-0.15, -0.1) is 5.46 Å². The molecule has 0 aromatic heterocycles. The van der Waals surface area contributed by atoms with Gasteiger partial charge in [0.25, 0.3) is 0 Å². The van der Waals surface area contributed by atoms with Crippen LogP contribution in [0.15, 0.2) is 23.3 Å². The molecule has 9 heteroatoms. The van der Waals surface area contributed by atoms with E-state index in [2.05, 4.69) is 20.2 Å². The molecule has 0 spiro atoms. The Hall–Kier alpha value is -1.70. The third kappa shape index (κ3) is 3.90. The highest BCUT2D eigenvalue weighted by Gasteiger charge is 2.26. The summed E-state index contributed by atoms with van der Waals surface area (Å²) in [5, 5.41) is 6.48. The molecular weight excluding hydrogens is 270 g/mol. The molecule has 0 radical (unpaired) electrons. The summed E-state index contributed by atoms with van der Waals surface area (Å²) in [6, 6.07) is 3.53. The van der Waals surface area contributed by atoms with E-state index >= 15 is 0 Å². The molecular formula is C11H14BF3N5-. The first-order chi connectivity index (χ1) is 9.49. The van der Waals surface area contributed by atoms with E-state index < -0.39 is 12.4 Å². The quantitative estimate of drug-likeness (QED) is 0.398. The van der Waals surface area contributed by atoms with Crippen molar-refractivity contribution in [2.45, 2.75) is 6.54 Å². The van der Waals surface area contributed by atoms with Gasteiger partial charge in [0.15, 0.2) is 0 Å². The molecule has 0 aliphatic carbocycles. The summed E-state index contributed by atoms with van der Waals surface area (Å²) in [5.74, 6) is 0. The number of rotatable bonds is 4. The van der Waals surface area contributed by atoms with Crippen molar-refractivity contribution in [3.8, 4) is 0 Å². The predicted molar refractivity (Wildman–Crippen MR) is 72.1 cm³/mol. The minimum atomic E-state index is -5.10. The van der Waals surface area contributed by atoms with Crippen LogP contribution >= 0.6 is 0 Å². The first-order valence-corrected chi connectivity index (χ1v) is 6.31. The second kappa shape index (κ2) is 6.17. The Kier molecular flexibility index (Phi) is 4.54. The van der Waals surface area contributed by atoms with E-state index in [9.17, 15) is 12.9 Å². The highest BCUT2D eigenvalue weighted by Crippen LogP contribution is 2.19. The molecule has 2 rings (SSSR count). The van der Waals surface area contributed by atoms with E-state index in [1.165, 1.54) is 6.07 Å². The van der Waals surface area contributed by atoms with Crippen LogP contribution in [0.2, 0.25) is 0 Å². The number of nitrogens with zero attached hydrogens (tertiary/aromatic N) is 4. The zero-order valence-electron chi connectivity index (χ0n) is 10.8. The topological polar surface area (TPSA) is 64.0 Å². The van der Waals surface area contributed by atoms with Crippen molar-refractivity contribution in [1.29, 1.82) is 0 Å². The van der Waals surface area contributed by atoms with Gasteiger partial charge in [-0.25, -0.2) is 0 Å². The maximum absolute atomic E-state index is 12.9. The summed E-state index contributed by atoms with van der Waals surface area (Å²) in [5.41, 5.74) is 8.20. The summed E-state index contributed by atoms with van der Waals surface area (Å²) in [4.78, 5) is 4.63. The minimum Gasteiger partial charge on any atom is -0.445 e. The standard InChI is InChI=1S/C11H14BF3N5/c13-12(14,15)10-5-9(6-11(7-10)18-19-16)8-20-3-1-17-2-4-20/h5-7,17H,1-4,8H2/q-1. The largest absolute Gasteiger partial charge is 0.509 e. The Labute approximate surface area is 114 Å². The minimum absolute atomic E-state index is 0.00864. The molecule has 0 saturated carbocycles. The van der Waals surface area contributed by atoms with E-state index in [4.69, 9.17) is 5.53 Å². The van der Waals surface area contributed by atoms with E-state index in [1.54, 1.807) is 0 Å². The highest BCUT2D eigenvalue weighted by molar-refractivity contribution is 6.73. The SMILES string of the molecule is [N-]=[N+]=Nc1cc(CN2CCNCC2)cc([B-](F)(F)F)c1. The number of hydrogen-bond acceptors (Lipinski definition) is 3. The average molecular weight is 284 g/mol. The summed E-state index contributed by atoms with van der Waals surface area (Å²) in [6.45, 7) is -1.45. The third-order valence-corrected chi connectivity index (χ3v) is 3.15. The molecule has 0 bridgehead atoms. The number of nitrogens with one attached hydrogen (secondary N) is 1. The van der Waals surface area contributed by atoms with Crippen molar-refractivity contribution in [2.24, 2.45) is 5.11 Å². The molecule has 0 atom stereocenters. The van der Waals surface area contributed by atoms with Crippen LogP contribution < -0.4 is 10.8 Å². The highest BCUT2D eigenvalue weighted by atomic mass is 19.4. The number of hydrogen-bond donors (Lipinski definition) is 1. The van der Waals surface area contributed by atoms with Crippen molar-refractivity contribution in [3.05, 3.63) is 34.2 Å². The number of piperazine rings is 1. The molecule has 108 valence electrons. The lowest BCUT2D eigenvalue weighted by atomic mass is 9.79. The lowest BCUT2D eigenvalue weighted by Gasteiger charge is -2.28. The Morgan fingerprint density at radius 1 is 1.25 bits per heavy atom. The molecule has 1 aliphatic heterocycles. The first-order valence-electron chi connectivity index (χ1n) is 6.31. The molecule has 1 heterocycles. The van der Waals surface area contributed by atoms with Crippen molar-refractivity contribution in [2.75, 3.05) is 26.2 Å². The monoisotopic (exact) mass is 284 g/mol. The molecule has 5 nitrogen and oxygen atoms in total. The van der Waals surface area contributed by atoms with Crippen LogP contribution in [0.3, 0.4) is 0 Å². The Morgan fingerprint density at radius 2 is 1.95 bits per heavy atom. The number of benzene rings is 1. The number of halogens is 3. The van der Waals surface area contributed by atoms with Gasteiger partial charge in [-0.3, -0.25) is 4.90 Å². The van der Waals surface area contributed by atoms with Gasteiger partial charge in [0.2, 0.25) is 0 Å². The van der Waals surface area contributed by atoms with E-state index in [0.717, 1.165) is 38.3 Å². The van der Waals surface area contributed by atoms with Crippen molar-refractivity contribution >= 4 is 18.1 Å². The average Bonchev–Trinajstić information content (AvgIpc) is 2.39. The van der Waals surface area contributed by atoms with E-state index in [0.29, 0.717) is 12.1 Å². The van der Waals surface area contributed by atoms with Gasteiger partial charge >= 0.3 is 6.98 Å². The lowest BCUT2D eigenvalue weighted by molar-refractivity contribution is 0.233. The van der Waals surface area contributed by atoms with Gasteiger partial charge in [0.1, 0.15) is 0 Å². The Balaban J connectivity index is 2.26. The summed E-state index contributed by atoms with van der Waals surface area (Å²) in [6.07, 6.45) is 0. The van der Waals surface area contributed by atoms with Gasteiger partial charge in [0, 0.05) is 43.3 Å². The fraction of sp³-hybridized carbons (Fsp3) is 0.455. The summed E-state index contributed by atoms with van der Waals surface area (Å²) < 4.78 is 38.6. The molecule has 1 N–H and O–H groups in total. The van der Waals surface area contributed by atoms with Crippen molar-refractivity contribution < 1.29 is 12.9 Å². The second-order valence-corrected chi connectivity index (χ2v) is 4.72. The molecule has 1 aliphatic rings. The first kappa shape index (κ1) is 14.7. The Morgan fingerprint density at radius 3 is 2.55 bits per heavy atom. The normalized spacial score (nSPS) is 16.8. The molecule has 1 saturated heterocycles. The maximum Gasteiger partial charge on any atom is 0.509 e. The van der Waals surface area contributed by atoms with Gasteiger partial charge in [-0.1, -0.05) is 17.2 Å². The Bertz CT molecular complexity index is 521. The van der Waals surface area contributed by atoms with Gasteiger partial charge < -0.3 is 18.3 Å². The third-order valence-electron chi connectivity index (χ3n) is 3.15. The fourth-order valence-electron chi connectivity index (χ4n) is 2.22. The molecule has 1 aromatic rings. The molecule has 0 unspecified atom stereocenters. The maximum atomic E-state index is 12.9. The van der Waals surface area contributed by atoms with Crippen LogP contribution in [0.4, 0.5) is 18.6 Å². The fourth-order valence-corrected chi connectivity index (χ4v) is 2.22. The van der Waals surface area contributed by atoms with Crippen molar-refractivity contribution in [1.82, 2.24) is 10.2 Å². The van der Waals surface area contributed by atoms with E-state index in [-0.39, 0.29) is 5.69 Å². The predicted octanol–water partition coefficient (Wildman–Crippen LogP) is 2.09. The van der Waals surface area contributed by atoms with Crippen LogP contribution in [0.25, 0.3) is 10.4 Å². The van der Waals surface area contributed by atoms with Gasteiger partial charge in [0.05, 0.1) is 0 Å². The van der Waals surface area contributed by atoms with E-state index in [1.807, 2.05) is 0 Å². The van der Waals surface area contributed by atoms with Crippen LogP contribution in [-0.2, 0) is 6.54 Å². The van der Waals surface area contributed by atoms with Gasteiger partial charge in [-0.2, -0.15) is 0 Å². The molecule has 0 amide bonds. The van der Waals surface area contributed by atoms with Crippen LogP contribution in [0, 0.1) is 0 Å². The second-order valence-electron chi connectivity index (χ2n) is 4.72. The number of azide groups is 1. The lowest BCUT2D eigenvalue weighted by Crippen LogP contribution is -2.43. The van der Waals surface area contributed by atoms with Crippen LogP contribution in [0.5, 0.6) is 0 Å². The summed E-state index contributed by atoms with van der Waals surface area (Å²) in [7, 11) is 0. The van der Waals surface area contributed by atoms with Gasteiger partial charge in [-0.05, 0) is 17.2 Å².